The number of hydrogen-bond donors (Lipinski definition) is 2. The highest BCUT2D eigenvalue weighted by Crippen LogP contribution is 2.45. The van der Waals surface area contributed by atoms with Gasteiger partial charge in [0.25, 0.3) is 5.91 Å². The Balaban J connectivity index is 1.75. The highest BCUT2D eigenvalue weighted by molar-refractivity contribution is 9.10. The second-order valence-corrected chi connectivity index (χ2v) is 9.93. The standard InChI is InChI=1S/C28H32BrN3O3/c1-4-6-26(34)32-27(28(30)35-22-12-8-20(17-33)9-13-22)18(2)7-5-14-31-25-15-19(3)24(29)16-23(25)21-10-11-21/h5,7,14-17,20-22,30H,8-13H2,1-3H3,(H,32,34)/b7-5-,27-18-,30-28?,31-14?. The lowest BCUT2D eigenvalue weighted by atomic mass is 9.88. The minimum atomic E-state index is -0.499. The predicted octanol–water partition coefficient (Wildman–Crippen LogP) is 6.06. The van der Waals surface area contributed by atoms with E-state index in [9.17, 15) is 9.59 Å². The van der Waals surface area contributed by atoms with Crippen LogP contribution in [0.1, 0.15) is 69.4 Å². The highest BCUT2D eigenvalue weighted by atomic mass is 79.9. The van der Waals surface area contributed by atoms with E-state index in [1.54, 1.807) is 32.2 Å². The van der Waals surface area contributed by atoms with Gasteiger partial charge < -0.3 is 14.8 Å². The van der Waals surface area contributed by atoms with Gasteiger partial charge in [0.05, 0.1) is 5.69 Å². The molecule has 2 N–H and O–H groups in total. The number of nitrogens with zero attached hydrogens (tertiary/aromatic N) is 1. The molecule has 2 aliphatic rings. The van der Waals surface area contributed by atoms with E-state index in [-0.39, 0.29) is 23.6 Å². The number of carbonyl (C=O) groups excluding carboxylic acids is 2. The Hall–Kier alpha value is -2.98. The second kappa shape index (κ2) is 12.6. The first kappa shape index (κ1) is 26.6. The average molecular weight is 538 g/mol. The van der Waals surface area contributed by atoms with Crippen LogP contribution in [0, 0.1) is 30.1 Å². The zero-order valence-electron chi connectivity index (χ0n) is 20.5. The lowest BCUT2D eigenvalue weighted by molar-refractivity contribution is -0.115. The zero-order chi connectivity index (χ0) is 25.4. The van der Waals surface area contributed by atoms with Crippen molar-refractivity contribution in [1.29, 1.82) is 5.41 Å². The van der Waals surface area contributed by atoms with Crippen LogP contribution in [0.4, 0.5) is 5.69 Å². The number of carbonyl (C=O) groups is 2. The van der Waals surface area contributed by atoms with Crippen LogP contribution >= 0.6 is 15.9 Å². The Labute approximate surface area is 216 Å². The van der Waals surface area contributed by atoms with Crippen molar-refractivity contribution < 1.29 is 14.3 Å². The molecule has 3 rings (SSSR count). The van der Waals surface area contributed by atoms with E-state index in [4.69, 9.17) is 10.1 Å². The quantitative estimate of drug-likeness (QED) is 0.139. The molecule has 184 valence electrons. The Morgan fingerprint density at radius 2 is 1.94 bits per heavy atom. The van der Waals surface area contributed by atoms with E-state index in [1.807, 2.05) is 6.92 Å². The van der Waals surface area contributed by atoms with Gasteiger partial charge in [-0.05, 0) is 106 Å². The molecule has 0 heterocycles. The molecule has 1 amide bonds. The van der Waals surface area contributed by atoms with Crippen LogP contribution in [0.5, 0.6) is 0 Å². The summed E-state index contributed by atoms with van der Waals surface area (Å²) in [6.45, 7) is 5.44. The maximum Gasteiger partial charge on any atom is 0.300 e. The van der Waals surface area contributed by atoms with Crippen LogP contribution in [-0.4, -0.2) is 30.4 Å². The average Bonchev–Trinajstić information content (AvgIpc) is 3.68. The minimum Gasteiger partial charge on any atom is -0.473 e. The number of ether oxygens (including phenoxy) is 1. The number of aldehydes is 1. The number of aliphatic imine (C=N–C) groups is 1. The molecule has 0 aromatic heterocycles. The van der Waals surface area contributed by atoms with E-state index in [2.05, 4.69) is 50.2 Å². The van der Waals surface area contributed by atoms with Crippen LogP contribution < -0.4 is 5.32 Å². The zero-order valence-corrected chi connectivity index (χ0v) is 22.1. The number of halogens is 1. The molecule has 1 aromatic carbocycles. The Morgan fingerprint density at radius 1 is 1.23 bits per heavy atom. The predicted molar refractivity (Wildman–Crippen MR) is 143 cm³/mol. The van der Waals surface area contributed by atoms with Gasteiger partial charge in [0.1, 0.15) is 18.1 Å². The van der Waals surface area contributed by atoms with Crippen LogP contribution in [0.2, 0.25) is 0 Å². The summed E-state index contributed by atoms with van der Waals surface area (Å²) in [5, 5.41) is 11.2. The van der Waals surface area contributed by atoms with Gasteiger partial charge in [-0.25, -0.2) is 0 Å². The Kier molecular flexibility index (Phi) is 9.62. The third-order valence-electron chi connectivity index (χ3n) is 6.27. The number of hydrogen-bond acceptors (Lipinski definition) is 5. The first-order valence-electron chi connectivity index (χ1n) is 12.0. The first-order valence-corrected chi connectivity index (χ1v) is 12.8. The van der Waals surface area contributed by atoms with E-state index >= 15 is 0 Å². The summed E-state index contributed by atoms with van der Waals surface area (Å²) in [6, 6.07) is 4.25. The molecule has 1 aromatic rings. The van der Waals surface area contributed by atoms with Crippen LogP contribution in [-0.2, 0) is 14.3 Å². The third-order valence-corrected chi connectivity index (χ3v) is 7.12. The normalized spacial score (nSPS) is 20.7. The van der Waals surface area contributed by atoms with Gasteiger partial charge in [0.15, 0.2) is 0 Å². The van der Waals surface area contributed by atoms with Crippen molar-refractivity contribution in [3.05, 3.63) is 51.2 Å². The summed E-state index contributed by atoms with van der Waals surface area (Å²) in [7, 11) is 0. The molecule has 2 fully saturated rings. The third kappa shape index (κ3) is 7.76. The summed E-state index contributed by atoms with van der Waals surface area (Å²) < 4.78 is 6.97. The SMILES string of the molecule is CC#CC(=O)N/C(C(=N)OC1CCC(C=O)CC1)=C(C)\C=C/C=Nc1cc(C)c(Br)cc1C1CC1. The van der Waals surface area contributed by atoms with Gasteiger partial charge in [-0.2, -0.15) is 0 Å². The fraction of sp³-hybridized carbons (Fsp3) is 0.429. The summed E-state index contributed by atoms with van der Waals surface area (Å²) in [5.74, 6) is 5.05. The highest BCUT2D eigenvalue weighted by Gasteiger charge is 2.27. The van der Waals surface area contributed by atoms with E-state index < -0.39 is 5.91 Å². The van der Waals surface area contributed by atoms with Gasteiger partial charge in [-0.3, -0.25) is 15.2 Å². The monoisotopic (exact) mass is 537 g/mol. The van der Waals surface area contributed by atoms with Gasteiger partial charge in [0.2, 0.25) is 5.90 Å². The van der Waals surface area contributed by atoms with Crippen molar-refractivity contribution in [2.45, 2.75) is 71.3 Å². The number of benzene rings is 1. The molecule has 0 saturated heterocycles. The number of aryl methyl sites for hydroxylation is 1. The van der Waals surface area contributed by atoms with E-state index in [0.717, 1.165) is 34.9 Å². The number of rotatable bonds is 8. The fourth-order valence-electron chi connectivity index (χ4n) is 4.07. The molecule has 0 spiro atoms. The van der Waals surface area contributed by atoms with Crippen molar-refractivity contribution in [3.63, 3.8) is 0 Å². The molecule has 2 aliphatic carbocycles. The van der Waals surface area contributed by atoms with Crippen LogP contribution in [0.25, 0.3) is 0 Å². The maximum absolute atomic E-state index is 12.2. The van der Waals surface area contributed by atoms with E-state index in [0.29, 0.717) is 24.3 Å². The number of amides is 1. The number of allylic oxidation sites excluding steroid dienone is 3. The lowest BCUT2D eigenvalue weighted by Crippen LogP contribution is -2.32. The molecule has 0 aliphatic heterocycles. The molecule has 0 bridgehead atoms. The van der Waals surface area contributed by atoms with Gasteiger partial charge in [-0.1, -0.05) is 27.9 Å². The van der Waals surface area contributed by atoms with Gasteiger partial charge in [-0.15, -0.1) is 0 Å². The van der Waals surface area contributed by atoms with Crippen molar-refractivity contribution in [1.82, 2.24) is 5.32 Å². The summed E-state index contributed by atoms with van der Waals surface area (Å²) in [6.07, 6.45) is 11.5. The molecular formula is C28H32BrN3O3. The summed E-state index contributed by atoms with van der Waals surface area (Å²) in [5.41, 5.74) is 4.29. The largest absolute Gasteiger partial charge is 0.473 e. The smallest absolute Gasteiger partial charge is 0.300 e. The second-order valence-electron chi connectivity index (χ2n) is 9.08. The Morgan fingerprint density at radius 3 is 2.57 bits per heavy atom. The molecule has 7 heteroatoms. The first-order chi connectivity index (χ1) is 16.8. The van der Waals surface area contributed by atoms with Crippen LogP contribution in [0.15, 0.2) is 45.0 Å². The fourth-order valence-corrected chi connectivity index (χ4v) is 4.43. The molecule has 0 atom stereocenters. The van der Waals surface area contributed by atoms with Crippen molar-refractivity contribution in [2.75, 3.05) is 0 Å². The van der Waals surface area contributed by atoms with Gasteiger partial charge in [0, 0.05) is 16.6 Å². The molecule has 0 radical (unpaired) electrons. The van der Waals surface area contributed by atoms with Crippen LogP contribution in [0.3, 0.4) is 0 Å². The molecule has 6 nitrogen and oxygen atoms in total. The molecule has 0 unspecified atom stereocenters. The lowest BCUT2D eigenvalue weighted by Gasteiger charge is -2.27. The summed E-state index contributed by atoms with van der Waals surface area (Å²) in [4.78, 5) is 27.8. The molecule has 2 saturated carbocycles. The number of nitrogens with one attached hydrogen (secondary N) is 2. The summed E-state index contributed by atoms with van der Waals surface area (Å²) >= 11 is 3.62. The Bertz CT molecular complexity index is 1130. The van der Waals surface area contributed by atoms with Crippen molar-refractivity contribution in [2.24, 2.45) is 10.9 Å². The minimum absolute atomic E-state index is 0.0671. The molecule has 35 heavy (non-hydrogen) atoms. The van der Waals surface area contributed by atoms with Crippen molar-refractivity contribution >= 4 is 45.9 Å². The van der Waals surface area contributed by atoms with Gasteiger partial charge >= 0.3 is 0 Å². The topological polar surface area (TPSA) is 91.6 Å². The molecular weight excluding hydrogens is 506 g/mol. The van der Waals surface area contributed by atoms with Crippen molar-refractivity contribution in [3.8, 4) is 11.8 Å². The van der Waals surface area contributed by atoms with E-state index in [1.165, 1.54) is 18.4 Å². The maximum atomic E-state index is 12.2.